The third-order valence-electron chi connectivity index (χ3n) is 2.64. The largest absolute Gasteiger partial charge is 0.309 e. The molecule has 0 aromatic rings. The predicted octanol–water partition coefficient (Wildman–Crippen LogP) is 1.63. The van der Waals surface area contributed by atoms with Gasteiger partial charge in [0, 0.05) is 25.2 Å². The van der Waals surface area contributed by atoms with Crippen LogP contribution in [0.2, 0.25) is 0 Å². The van der Waals surface area contributed by atoms with E-state index in [0.29, 0.717) is 12.1 Å². The van der Waals surface area contributed by atoms with Crippen molar-refractivity contribution in [1.82, 2.24) is 10.2 Å². The summed E-state index contributed by atoms with van der Waals surface area (Å²) in [5.41, 5.74) is 1.22. The van der Waals surface area contributed by atoms with Gasteiger partial charge in [-0.25, -0.2) is 0 Å². The molecule has 0 aliphatic carbocycles. The average Bonchev–Trinajstić information content (AvgIpc) is 2.48. The van der Waals surface area contributed by atoms with E-state index in [4.69, 9.17) is 0 Å². The first-order chi connectivity index (χ1) is 6.09. The molecule has 1 saturated heterocycles. The first kappa shape index (κ1) is 10.7. The zero-order chi connectivity index (χ0) is 9.84. The first-order valence-electron chi connectivity index (χ1n) is 5.21. The van der Waals surface area contributed by atoms with E-state index in [9.17, 15) is 0 Å². The average molecular weight is 182 g/mol. The molecule has 1 N–H and O–H groups in total. The summed E-state index contributed by atoms with van der Waals surface area (Å²) in [7, 11) is 0. The van der Waals surface area contributed by atoms with Crippen molar-refractivity contribution in [2.45, 2.75) is 39.3 Å². The Kier molecular flexibility index (Phi) is 3.94. The SMILES string of the molecule is C=C(C)CNC1CCN(C(C)C)C1. The Balaban J connectivity index is 2.21. The van der Waals surface area contributed by atoms with Crippen molar-refractivity contribution in [2.24, 2.45) is 0 Å². The van der Waals surface area contributed by atoms with Crippen LogP contribution in [0.25, 0.3) is 0 Å². The van der Waals surface area contributed by atoms with Crippen LogP contribution in [-0.4, -0.2) is 36.6 Å². The molecule has 0 saturated carbocycles. The highest BCUT2D eigenvalue weighted by molar-refractivity contribution is 4.93. The smallest absolute Gasteiger partial charge is 0.0210 e. The van der Waals surface area contributed by atoms with E-state index in [1.54, 1.807) is 0 Å². The molecule has 13 heavy (non-hydrogen) atoms. The van der Waals surface area contributed by atoms with Gasteiger partial charge in [-0.2, -0.15) is 0 Å². The number of nitrogens with zero attached hydrogens (tertiary/aromatic N) is 1. The molecule has 1 fully saturated rings. The maximum Gasteiger partial charge on any atom is 0.0210 e. The van der Waals surface area contributed by atoms with Gasteiger partial charge < -0.3 is 5.32 Å². The molecule has 1 unspecified atom stereocenters. The summed E-state index contributed by atoms with van der Waals surface area (Å²) < 4.78 is 0. The van der Waals surface area contributed by atoms with Crippen molar-refractivity contribution in [3.63, 3.8) is 0 Å². The van der Waals surface area contributed by atoms with Gasteiger partial charge in [-0.15, -0.1) is 0 Å². The third-order valence-corrected chi connectivity index (χ3v) is 2.64. The molecular formula is C11H22N2. The molecule has 2 nitrogen and oxygen atoms in total. The molecule has 1 rings (SSSR count). The van der Waals surface area contributed by atoms with E-state index in [1.165, 1.54) is 25.1 Å². The molecule has 2 heteroatoms. The highest BCUT2D eigenvalue weighted by atomic mass is 15.2. The number of nitrogens with one attached hydrogen (secondary N) is 1. The van der Waals surface area contributed by atoms with Crippen LogP contribution in [0.1, 0.15) is 27.2 Å². The fourth-order valence-corrected chi connectivity index (χ4v) is 1.74. The molecular weight excluding hydrogens is 160 g/mol. The number of likely N-dealkylation sites (tertiary alicyclic amines) is 1. The van der Waals surface area contributed by atoms with Crippen LogP contribution >= 0.6 is 0 Å². The summed E-state index contributed by atoms with van der Waals surface area (Å²) in [6.45, 7) is 13.9. The molecule has 1 aliphatic rings. The van der Waals surface area contributed by atoms with Crippen LogP contribution in [0.3, 0.4) is 0 Å². The van der Waals surface area contributed by atoms with E-state index in [0.717, 1.165) is 6.54 Å². The van der Waals surface area contributed by atoms with Gasteiger partial charge in [0.05, 0.1) is 0 Å². The summed E-state index contributed by atoms with van der Waals surface area (Å²) in [4.78, 5) is 2.52. The van der Waals surface area contributed by atoms with E-state index in [2.05, 4.69) is 37.6 Å². The standard InChI is InChI=1S/C11H22N2/c1-9(2)7-12-11-5-6-13(8-11)10(3)4/h10-12H,1,5-8H2,2-4H3. The van der Waals surface area contributed by atoms with E-state index in [1.807, 2.05) is 0 Å². The fourth-order valence-electron chi connectivity index (χ4n) is 1.74. The summed E-state index contributed by atoms with van der Waals surface area (Å²) >= 11 is 0. The predicted molar refractivity (Wildman–Crippen MR) is 57.9 cm³/mol. The second-order valence-corrected chi connectivity index (χ2v) is 4.41. The molecule has 1 atom stereocenters. The zero-order valence-corrected chi connectivity index (χ0v) is 9.14. The van der Waals surface area contributed by atoms with Gasteiger partial charge in [-0.3, -0.25) is 4.90 Å². The van der Waals surface area contributed by atoms with Gasteiger partial charge >= 0.3 is 0 Å². The molecule has 0 aromatic carbocycles. The lowest BCUT2D eigenvalue weighted by Gasteiger charge is -2.20. The first-order valence-corrected chi connectivity index (χ1v) is 5.21. The highest BCUT2D eigenvalue weighted by Gasteiger charge is 2.23. The lowest BCUT2D eigenvalue weighted by Crippen LogP contribution is -2.35. The van der Waals surface area contributed by atoms with Gasteiger partial charge in [-0.05, 0) is 33.7 Å². The Morgan fingerprint density at radius 3 is 2.77 bits per heavy atom. The Morgan fingerprint density at radius 1 is 1.62 bits per heavy atom. The van der Waals surface area contributed by atoms with Crippen molar-refractivity contribution in [1.29, 1.82) is 0 Å². The molecule has 0 spiro atoms. The molecule has 0 radical (unpaired) electrons. The van der Waals surface area contributed by atoms with Crippen LogP contribution in [0.15, 0.2) is 12.2 Å². The van der Waals surface area contributed by atoms with Gasteiger partial charge in [-0.1, -0.05) is 12.2 Å². The van der Waals surface area contributed by atoms with Gasteiger partial charge in [0.25, 0.3) is 0 Å². The number of rotatable bonds is 4. The van der Waals surface area contributed by atoms with Crippen LogP contribution in [-0.2, 0) is 0 Å². The number of hydrogen-bond donors (Lipinski definition) is 1. The van der Waals surface area contributed by atoms with E-state index < -0.39 is 0 Å². The van der Waals surface area contributed by atoms with Gasteiger partial charge in [0.15, 0.2) is 0 Å². The minimum absolute atomic E-state index is 0.680. The molecule has 1 heterocycles. The molecule has 76 valence electrons. The molecule has 0 bridgehead atoms. The Morgan fingerprint density at radius 2 is 2.31 bits per heavy atom. The Hall–Kier alpha value is -0.340. The summed E-state index contributed by atoms with van der Waals surface area (Å²) in [6, 6.07) is 1.37. The zero-order valence-electron chi connectivity index (χ0n) is 9.14. The lowest BCUT2D eigenvalue weighted by atomic mass is 10.2. The third kappa shape index (κ3) is 3.49. The minimum atomic E-state index is 0.680. The van der Waals surface area contributed by atoms with Crippen molar-refractivity contribution in [2.75, 3.05) is 19.6 Å². The summed E-state index contributed by atoms with van der Waals surface area (Å²) in [5, 5.41) is 3.52. The van der Waals surface area contributed by atoms with E-state index >= 15 is 0 Å². The summed E-state index contributed by atoms with van der Waals surface area (Å²) in [5.74, 6) is 0. The van der Waals surface area contributed by atoms with Gasteiger partial charge in [0.1, 0.15) is 0 Å². The second kappa shape index (κ2) is 4.77. The summed E-state index contributed by atoms with van der Waals surface area (Å²) in [6.07, 6.45) is 1.28. The number of hydrogen-bond acceptors (Lipinski definition) is 2. The molecule has 0 aromatic heterocycles. The van der Waals surface area contributed by atoms with Crippen LogP contribution in [0.4, 0.5) is 0 Å². The molecule has 1 aliphatic heterocycles. The Labute approximate surface area is 82.0 Å². The second-order valence-electron chi connectivity index (χ2n) is 4.41. The monoisotopic (exact) mass is 182 g/mol. The van der Waals surface area contributed by atoms with E-state index in [-0.39, 0.29) is 0 Å². The lowest BCUT2D eigenvalue weighted by molar-refractivity contribution is 0.269. The maximum absolute atomic E-state index is 3.89. The molecule has 0 amide bonds. The minimum Gasteiger partial charge on any atom is -0.309 e. The van der Waals surface area contributed by atoms with Crippen molar-refractivity contribution >= 4 is 0 Å². The van der Waals surface area contributed by atoms with Crippen molar-refractivity contribution < 1.29 is 0 Å². The van der Waals surface area contributed by atoms with Crippen LogP contribution in [0, 0.1) is 0 Å². The fraction of sp³-hybridized carbons (Fsp3) is 0.818. The quantitative estimate of drug-likeness (QED) is 0.665. The van der Waals surface area contributed by atoms with Crippen molar-refractivity contribution in [3.05, 3.63) is 12.2 Å². The maximum atomic E-state index is 3.89. The topological polar surface area (TPSA) is 15.3 Å². The Bertz CT molecular complexity index is 175. The van der Waals surface area contributed by atoms with Crippen LogP contribution < -0.4 is 5.32 Å². The normalized spacial score (nSPS) is 24.2. The van der Waals surface area contributed by atoms with Gasteiger partial charge in [0.2, 0.25) is 0 Å². The van der Waals surface area contributed by atoms with Crippen LogP contribution in [0.5, 0.6) is 0 Å². The highest BCUT2D eigenvalue weighted by Crippen LogP contribution is 2.12. The van der Waals surface area contributed by atoms with Crippen molar-refractivity contribution in [3.8, 4) is 0 Å².